The third-order valence-electron chi connectivity index (χ3n) is 4.03. The minimum absolute atomic E-state index is 0.406. The predicted octanol–water partition coefficient (Wildman–Crippen LogP) is 0.672. The van der Waals surface area contributed by atoms with Crippen molar-refractivity contribution in [3.63, 3.8) is 0 Å². The zero-order valence-electron chi connectivity index (χ0n) is 11.0. The van der Waals surface area contributed by atoms with Gasteiger partial charge < -0.3 is 10.8 Å². The van der Waals surface area contributed by atoms with Crippen LogP contribution in [0.5, 0.6) is 0 Å². The molecule has 1 aliphatic carbocycles. The van der Waals surface area contributed by atoms with E-state index in [1.807, 2.05) is 0 Å². The number of rotatable bonds is 6. The largest absolute Gasteiger partial charge is 0.480 e. The van der Waals surface area contributed by atoms with Crippen LogP contribution >= 0.6 is 0 Å². The number of carbonyl (C=O) groups is 1. The minimum atomic E-state index is -0.901. The van der Waals surface area contributed by atoms with Crippen LogP contribution in [0, 0.1) is 11.8 Å². The van der Waals surface area contributed by atoms with Gasteiger partial charge in [-0.25, -0.2) is 0 Å². The number of nitrogens with two attached hydrogens (primary N) is 1. The molecule has 1 aromatic heterocycles. The van der Waals surface area contributed by atoms with Gasteiger partial charge in [-0.05, 0) is 29.9 Å². The summed E-state index contributed by atoms with van der Waals surface area (Å²) < 4.78 is 0. The zero-order chi connectivity index (χ0) is 13.7. The Morgan fingerprint density at radius 1 is 1.42 bits per heavy atom. The third-order valence-corrected chi connectivity index (χ3v) is 4.03. The van der Waals surface area contributed by atoms with E-state index in [1.54, 1.807) is 4.80 Å². The van der Waals surface area contributed by atoms with Crippen molar-refractivity contribution in [1.82, 2.24) is 20.2 Å². The Labute approximate surface area is 112 Å². The second-order valence-corrected chi connectivity index (χ2v) is 5.31. The maximum absolute atomic E-state index is 10.9. The van der Waals surface area contributed by atoms with E-state index in [0.717, 1.165) is 25.8 Å². The molecule has 1 fully saturated rings. The van der Waals surface area contributed by atoms with Crippen molar-refractivity contribution >= 4 is 5.97 Å². The maximum atomic E-state index is 10.9. The highest BCUT2D eigenvalue weighted by molar-refractivity contribution is 5.73. The van der Waals surface area contributed by atoms with Gasteiger partial charge in [0.1, 0.15) is 6.04 Å². The summed E-state index contributed by atoms with van der Waals surface area (Å²) in [5.74, 6) is 0.0239. The fraction of sp³-hybridized carbons (Fsp3) is 0.833. The first-order chi connectivity index (χ1) is 9.16. The summed E-state index contributed by atoms with van der Waals surface area (Å²) in [7, 11) is 0. The first-order valence-electron chi connectivity index (χ1n) is 6.86. The van der Waals surface area contributed by atoms with Crippen molar-refractivity contribution in [2.24, 2.45) is 17.6 Å². The second-order valence-electron chi connectivity index (χ2n) is 5.31. The van der Waals surface area contributed by atoms with E-state index in [-0.39, 0.29) is 0 Å². The van der Waals surface area contributed by atoms with Gasteiger partial charge in [0.25, 0.3) is 0 Å². The Balaban J connectivity index is 1.86. The summed E-state index contributed by atoms with van der Waals surface area (Å²) in [5, 5.41) is 20.4. The molecule has 2 unspecified atom stereocenters. The zero-order valence-corrected chi connectivity index (χ0v) is 11.0. The molecule has 2 rings (SSSR count). The first-order valence-corrected chi connectivity index (χ1v) is 6.86. The molecule has 0 saturated heterocycles. The molecule has 0 spiro atoms. The van der Waals surface area contributed by atoms with Crippen molar-refractivity contribution < 1.29 is 9.90 Å². The Kier molecular flexibility index (Phi) is 4.84. The molecule has 0 bridgehead atoms. The molecule has 7 nitrogen and oxygen atoms in total. The average Bonchev–Trinajstić information content (AvgIpc) is 2.90. The Hall–Kier alpha value is -1.50. The summed E-state index contributed by atoms with van der Waals surface area (Å²) in [6, 6.07) is -0.741. The van der Waals surface area contributed by atoms with Gasteiger partial charge >= 0.3 is 5.97 Å². The van der Waals surface area contributed by atoms with Crippen LogP contribution in [0.2, 0.25) is 0 Å². The lowest BCUT2D eigenvalue weighted by molar-refractivity contribution is -0.139. The molecule has 7 heteroatoms. The van der Waals surface area contributed by atoms with Crippen molar-refractivity contribution in [3.05, 3.63) is 6.33 Å². The number of tetrazole rings is 1. The first kappa shape index (κ1) is 13.9. The molecule has 3 N–H and O–H groups in total. The summed E-state index contributed by atoms with van der Waals surface area (Å²) in [6.07, 6.45) is 7.59. The SMILES string of the molecule is N[C@H](CC1CCCCC1CCn1ncnn1)C(=O)O. The number of carboxylic acid groups (broad SMARTS) is 1. The minimum Gasteiger partial charge on any atom is -0.480 e. The number of hydrogen-bond donors (Lipinski definition) is 2. The molecule has 1 heterocycles. The molecule has 0 aromatic carbocycles. The maximum Gasteiger partial charge on any atom is 0.320 e. The lowest BCUT2D eigenvalue weighted by atomic mass is 9.74. The van der Waals surface area contributed by atoms with Crippen LogP contribution in [0.25, 0.3) is 0 Å². The standard InChI is InChI=1S/C12H21N5O2/c13-11(12(18)19)7-10-4-2-1-3-9(10)5-6-17-15-8-14-16-17/h8-11H,1-7,13H2,(H,18,19)/t9?,10?,11-/m1/s1. The number of aryl methyl sites for hydroxylation is 1. The third kappa shape index (κ3) is 3.99. The smallest absolute Gasteiger partial charge is 0.320 e. The highest BCUT2D eigenvalue weighted by Crippen LogP contribution is 2.35. The lowest BCUT2D eigenvalue weighted by Gasteiger charge is -2.32. The molecule has 1 aromatic rings. The molecule has 1 aliphatic rings. The van der Waals surface area contributed by atoms with E-state index in [9.17, 15) is 4.79 Å². The molecule has 0 radical (unpaired) electrons. The van der Waals surface area contributed by atoms with Gasteiger partial charge in [0.2, 0.25) is 0 Å². The van der Waals surface area contributed by atoms with Crippen LogP contribution in [-0.2, 0) is 11.3 Å². The van der Waals surface area contributed by atoms with Gasteiger partial charge in [-0.3, -0.25) is 4.79 Å². The molecule has 106 valence electrons. The van der Waals surface area contributed by atoms with Crippen molar-refractivity contribution in [2.45, 2.75) is 51.1 Å². The Bertz CT molecular complexity index is 395. The molecule has 19 heavy (non-hydrogen) atoms. The van der Waals surface area contributed by atoms with E-state index in [2.05, 4.69) is 15.4 Å². The molecule has 0 aliphatic heterocycles. The average molecular weight is 267 g/mol. The predicted molar refractivity (Wildman–Crippen MR) is 68.1 cm³/mol. The van der Waals surface area contributed by atoms with E-state index < -0.39 is 12.0 Å². The van der Waals surface area contributed by atoms with Gasteiger partial charge in [0, 0.05) is 0 Å². The van der Waals surface area contributed by atoms with Crippen LogP contribution in [0.3, 0.4) is 0 Å². The quantitative estimate of drug-likeness (QED) is 0.784. The van der Waals surface area contributed by atoms with E-state index in [0.29, 0.717) is 18.3 Å². The van der Waals surface area contributed by atoms with Gasteiger partial charge in [0.15, 0.2) is 6.33 Å². The molecular formula is C12H21N5O2. The van der Waals surface area contributed by atoms with Crippen LogP contribution in [0.1, 0.15) is 38.5 Å². The van der Waals surface area contributed by atoms with Crippen LogP contribution in [-0.4, -0.2) is 37.3 Å². The summed E-state index contributed by atoms with van der Waals surface area (Å²) >= 11 is 0. The van der Waals surface area contributed by atoms with Gasteiger partial charge in [-0.1, -0.05) is 25.7 Å². The molecule has 3 atom stereocenters. The van der Waals surface area contributed by atoms with Crippen molar-refractivity contribution in [3.8, 4) is 0 Å². The number of aliphatic carboxylic acids is 1. The summed E-state index contributed by atoms with van der Waals surface area (Å²) in [4.78, 5) is 12.5. The fourth-order valence-corrected chi connectivity index (χ4v) is 2.97. The number of hydrogen-bond acceptors (Lipinski definition) is 5. The Morgan fingerprint density at radius 3 is 2.79 bits per heavy atom. The van der Waals surface area contributed by atoms with Crippen molar-refractivity contribution in [1.29, 1.82) is 0 Å². The van der Waals surface area contributed by atoms with E-state index >= 15 is 0 Å². The highest BCUT2D eigenvalue weighted by atomic mass is 16.4. The fourth-order valence-electron chi connectivity index (χ4n) is 2.97. The molecule has 1 saturated carbocycles. The second kappa shape index (κ2) is 6.60. The summed E-state index contributed by atoms with van der Waals surface area (Å²) in [6.45, 7) is 0.740. The summed E-state index contributed by atoms with van der Waals surface area (Å²) in [5.41, 5.74) is 5.66. The van der Waals surface area contributed by atoms with Gasteiger partial charge in [-0.15, -0.1) is 10.2 Å². The Morgan fingerprint density at radius 2 is 2.16 bits per heavy atom. The van der Waals surface area contributed by atoms with Gasteiger partial charge in [-0.2, -0.15) is 4.80 Å². The number of nitrogens with zero attached hydrogens (tertiary/aromatic N) is 4. The monoisotopic (exact) mass is 267 g/mol. The molecule has 0 amide bonds. The molecular weight excluding hydrogens is 246 g/mol. The van der Waals surface area contributed by atoms with Crippen LogP contribution in [0.15, 0.2) is 6.33 Å². The number of carboxylic acids is 1. The normalized spacial score (nSPS) is 25.1. The van der Waals surface area contributed by atoms with Crippen LogP contribution < -0.4 is 5.73 Å². The van der Waals surface area contributed by atoms with E-state index in [1.165, 1.54) is 19.2 Å². The highest BCUT2D eigenvalue weighted by Gasteiger charge is 2.28. The van der Waals surface area contributed by atoms with E-state index in [4.69, 9.17) is 10.8 Å². The van der Waals surface area contributed by atoms with Gasteiger partial charge in [0.05, 0.1) is 6.54 Å². The van der Waals surface area contributed by atoms with Crippen molar-refractivity contribution in [2.75, 3.05) is 0 Å². The number of aromatic nitrogens is 4. The van der Waals surface area contributed by atoms with Crippen LogP contribution in [0.4, 0.5) is 0 Å². The topological polar surface area (TPSA) is 107 Å². The lowest BCUT2D eigenvalue weighted by Crippen LogP contribution is -2.35.